The fraction of sp³-hybridized carbons (Fsp3) is 1.00. The second-order valence-electron chi connectivity index (χ2n) is 3.57. The minimum atomic E-state index is -0.0842. The first-order valence-electron chi connectivity index (χ1n) is 3.87. The molecule has 0 spiro atoms. The highest BCUT2D eigenvalue weighted by atomic mass is 32.1. The predicted octanol–water partition coefficient (Wildman–Crippen LogP) is 1.27. The molecule has 0 atom stereocenters. The smallest absolute Gasteiger partial charge is 0.0714 e. The van der Waals surface area contributed by atoms with Crippen LogP contribution in [-0.4, -0.2) is 43.5 Å². The molecule has 0 amide bonds. The maximum Gasteiger partial charge on any atom is 0.0714 e. The standard InChI is InChI=1S/C8H19NOS/c1-8(2,7-11)10-6-5-9(3)4/h11H,5-7H2,1-4H3. The summed E-state index contributed by atoms with van der Waals surface area (Å²) in [5.74, 6) is 0.764. The minimum absolute atomic E-state index is 0.0842. The number of hydrogen-bond acceptors (Lipinski definition) is 3. The van der Waals surface area contributed by atoms with Crippen molar-refractivity contribution in [2.75, 3.05) is 33.0 Å². The Bertz CT molecular complexity index is 104. The molecule has 0 aliphatic rings. The molecule has 0 saturated carbocycles. The van der Waals surface area contributed by atoms with Crippen LogP contribution in [0.25, 0.3) is 0 Å². The van der Waals surface area contributed by atoms with Gasteiger partial charge < -0.3 is 9.64 Å². The highest BCUT2D eigenvalue weighted by molar-refractivity contribution is 7.80. The van der Waals surface area contributed by atoms with Gasteiger partial charge in [0.05, 0.1) is 12.2 Å². The number of rotatable bonds is 5. The predicted molar refractivity (Wildman–Crippen MR) is 52.4 cm³/mol. The van der Waals surface area contributed by atoms with E-state index < -0.39 is 0 Å². The third-order valence-electron chi connectivity index (χ3n) is 1.41. The third kappa shape index (κ3) is 6.66. The summed E-state index contributed by atoms with van der Waals surface area (Å²) in [5, 5.41) is 0. The molecule has 0 saturated heterocycles. The number of likely N-dealkylation sites (N-methyl/N-ethyl adjacent to an activating group) is 1. The number of ether oxygens (including phenoxy) is 1. The van der Waals surface area contributed by atoms with Crippen LogP contribution in [0.3, 0.4) is 0 Å². The largest absolute Gasteiger partial charge is 0.373 e. The van der Waals surface area contributed by atoms with Gasteiger partial charge in [0.2, 0.25) is 0 Å². The lowest BCUT2D eigenvalue weighted by molar-refractivity contribution is -0.00488. The Kier molecular flexibility index (Phi) is 5.13. The van der Waals surface area contributed by atoms with Crippen molar-refractivity contribution < 1.29 is 4.74 Å². The molecule has 0 aliphatic carbocycles. The van der Waals surface area contributed by atoms with Crippen LogP contribution in [-0.2, 0) is 4.74 Å². The monoisotopic (exact) mass is 177 g/mol. The van der Waals surface area contributed by atoms with Crippen molar-refractivity contribution in [3.63, 3.8) is 0 Å². The van der Waals surface area contributed by atoms with Gasteiger partial charge in [-0.1, -0.05) is 0 Å². The fourth-order valence-corrected chi connectivity index (χ4v) is 0.641. The first kappa shape index (κ1) is 11.3. The Morgan fingerprint density at radius 2 is 1.91 bits per heavy atom. The van der Waals surface area contributed by atoms with Gasteiger partial charge in [0.15, 0.2) is 0 Å². The van der Waals surface area contributed by atoms with Gasteiger partial charge in [-0.15, -0.1) is 0 Å². The molecule has 3 heteroatoms. The number of nitrogens with zero attached hydrogens (tertiary/aromatic N) is 1. The summed E-state index contributed by atoms with van der Waals surface area (Å²) in [5.41, 5.74) is -0.0842. The van der Waals surface area contributed by atoms with Crippen molar-refractivity contribution in [3.8, 4) is 0 Å². The zero-order valence-corrected chi connectivity index (χ0v) is 8.82. The van der Waals surface area contributed by atoms with Gasteiger partial charge in [-0.2, -0.15) is 12.6 Å². The SMILES string of the molecule is CN(C)CCOC(C)(C)CS. The molecule has 0 fully saturated rings. The molecule has 0 aromatic heterocycles. The van der Waals surface area contributed by atoms with Crippen molar-refractivity contribution in [1.29, 1.82) is 0 Å². The van der Waals surface area contributed by atoms with Gasteiger partial charge in [-0.3, -0.25) is 0 Å². The first-order chi connectivity index (χ1) is 4.98. The maximum absolute atomic E-state index is 5.57. The zero-order valence-electron chi connectivity index (χ0n) is 7.92. The van der Waals surface area contributed by atoms with Crippen molar-refractivity contribution in [2.24, 2.45) is 0 Å². The van der Waals surface area contributed by atoms with E-state index in [0.29, 0.717) is 0 Å². The third-order valence-corrected chi connectivity index (χ3v) is 2.17. The van der Waals surface area contributed by atoms with E-state index in [4.69, 9.17) is 4.74 Å². The Labute approximate surface area is 75.3 Å². The Morgan fingerprint density at radius 1 is 1.36 bits per heavy atom. The first-order valence-corrected chi connectivity index (χ1v) is 4.51. The molecule has 0 heterocycles. The molecule has 0 aliphatic heterocycles. The van der Waals surface area contributed by atoms with Crippen molar-refractivity contribution in [1.82, 2.24) is 4.90 Å². The Balaban J connectivity index is 3.38. The van der Waals surface area contributed by atoms with Gasteiger partial charge in [-0.25, -0.2) is 0 Å². The van der Waals surface area contributed by atoms with Crippen molar-refractivity contribution >= 4 is 12.6 Å². The highest BCUT2D eigenvalue weighted by Crippen LogP contribution is 2.09. The number of hydrogen-bond donors (Lipinski definition) is 1. The van der Waals surface area contributed by atoms with Gasteiger partial charge in [0.1, 0.15) is 0 Å². The Morgan fingerprint density at radius 3 is 2.27 bits per heavy atom. The van der Waals surface area contributed by atoms with Crippen LogP contribution in [0.2, 0.25) is 0 Å². The molecule has 0 rings (SSSR count). The van der Waals surface area contributed by atoms with E-state index in [1.807, 2.05) is 14.1 Å². The van der Waals surface area contributed by atoms with Crippen LogP contribution in [0.4, 0.5) is 0 Å². The molecule has 11 heavy (non-hydrogen) atoms. The normalized spacial score (nSPS) is 12.5. The lowest BCUT2D eigenvalue weighted by Gasteiger charge is -2.23. The van der Waals surface area contributed by atoms with Crippen LogP contribution in [0.5, 0.6) is 0 Å². The minimum Gasteiger partial charge on any atom is -0.373 e. The van der Waals surface area contributed by atoms with E-state index in [1.54, 1.807) is 0 Å². The zero-order chi connectivity index (χ0) is 8.91. The molecule has 0 unspecified atom stereocenters. The van der Waals surface area contributed by atoms with E-state index in [-0.39, 0.29) is 5.60 Å². The van der Waals surface area contributed by atoms with Gasteiger partial charge >= 0.3 is 0 Å². The van der Waals surface area contributed by atoms with Gasteiger partial charge in [-0.05, 0) is 27.9 Å². The maximum atomic E-state index is 5.57. The summed E-state index contributed by atoms with van der Waals surface area (Å²) in [6, 6.07) is 0. The summed E-state index contributed by atoms with van der Waals surface area (Å²) in [4.78, 5) is 2.11. The molecule has 0 bridgehead atoms. The van der Waals surface area contributed by atoms with E-state index in [0.717, 1.165) is 18.9 Å². The Hall–Kier alpha value is 0.270. The summed E-state index contributed by atoms with van der Waals surface area (Å²) in [6.45, 7) is 5.85. The van der Waals surface area contributed by atoms with Crippen LogP contribution in [0.1, 0.15) is 13.8 Å². The van der Waals surface area contributed by atoms with Crippen molar-refractivity contribution in [2.45, 2.75) is 19.4 Å². The summed E-state index contributed by atoms with van der Waals surface area (Å²) in [7, 11) is 4.08. The van der Waals surface area contributed by atoms with Crippen molar-refractivity contribution in [3.05, 3.63) is 0 Å². The molecule has 0 N–H and O–H groups in total. The lowest BCUT2D eigenvalue weighted by Crippen LogP contribution is -2.30. The summed E-state index contributed by atoms with van der Waals surface area (Å²) < 4.78 is 5.57. The molecule has 0 aromatic carbocycles. The molecule has 2 nitrogen and oxygen atoms in total. The molecular weight excluding hydrogens is 158 g/mol. The van der Waals surface area contributed by atoms with E-state index in [1.165, 1.54) is 0 Å². The second kappa shape index (κ2) is 5.01. The van der Waals surface area contributed by atoms with Crippen LogP contribution >= 0.6 is 12.6 Å². The number of thiol groups is 1. The fourth-order valence-electron chi connectivity index (χ4n) is 0.550. The van der Waals surface area contributed by atoms with Gasteiger partial charge in [0, 0.05) is 12.3 Å². The molecule has 0 radical (unpaired) electrons. The summed E-state index contributed by atoms with van der Waals surface area (Å²) >= 11 is 4.19. The topological polar surface area (TPSA) is 12.5 Å². The highest BCUT2D eigenvalue weighted by Gasteiger charge is 2.14. The van der Waals surface area contributed by atoms with Crippen LogP contribution in [0.15, 0.2) is 0 Å². The second-order valence-corrected chi connectivity index (χ2v) is 3.89. The quantitative estimate of drug-likeness (QED) is 0.635. The van der Waals surface area contributed by atoms with E-state index in [2.05, 4.69) is 31.4 Å². The average molecular weight is 177 g/mol. The van der Waals surface area contributed by atoms with E-state index >= 15 is 0 Å². The lowest BCUT2D eigenvalue weighted by atomic mass is 10.2. The molecule has 68 valence electrons. The molecule has 0 aromatic rings. The molecular formula is C8H19NOS. The van der Waals surface area contributed by atoms with Crippen LogP contribution in [0, 0.1) is 0 Å². The van der Waals surface area contributed by atoms with Gasteiger partial charge in [0.25, 0.3) is 0 Å². The van der Waals surface area contributed by atoms with Crippen LogP contribution < -0.4 is 0 Å². The van der Waals surface area contributed by atoms with E-state index in [9.17, 15) is 0 Å². The average Bonchev–Trinajstić information content (AvgIpc) is 1.87. The summed E-state index contributed by atoms with van der Waals surface area (Å²) in [6.07, 6.45) is 0.